The van der Waals surface area contributed by atoms with Gasteiger partial charge in [0.25, 0.3) is 0 Å². The van der Waals surface area contributed by atoms with E-state index in [0.717, 1.165) is 12.8 Å². The van der Waals surface area contributed by atoms with Crippen molar-refractivity contribution in [1.29, 1.82) is 0 Å². The van der Waals surface area contributed by atoms with E-state index < -0.39 is 0 Å². The smallest absolute Gasteiger partial charge is 0.309 e. The van der Waals surface area contributed by atoms with Gasteiger partial charge in [-0.05, 0) is 6.42 Å². The molecule has 3 nitrogen and oxygen atoms in total. The maximum absolute atomic E-state index is 10.6. The molecule has 112 valence electrons. The fourth-order valence-electron chi connectivity index (χ4n) is 2.61. The quantitative estimate of drug-likeness (QED) is 0.431. The second-order valence-corrected chi connectivity index (χ2v) is 5.82. The van der Waals surface area contributed by atoms with Gasteiger partial charge in [-0.2, -0.15) is 0 Å². The number of rotatable bonds is 12. The Kier molecular flexibility index (Phi) is 8.89. The number of unbranched alkanes of at least 4 members (excludes halogenated alkanes) is 8. The van der Waals surface area contributed by atoms with Crippen LogP contribution in [0.1, 0.15) is 84.0 Å². The van der Waals surface area contributed by atoms with E-state index in [1.54, 1.807) is 0 Å². The van der Waals surface area contributed by atoms with Crippen LogP contribution in [0, 0.1) is 0 Å². The van der Waals surface area contributed by atoms with Crippen molar-refractivity contribution in [2.45, 2.75) is 96.2 Å². The first-order chi connectivity index (χ1) is 9.22. The van der Waals surface area contributed by atoms with Gasteiger partial charge in [-0.1, -0.05) is 64.7 Å². The molecule has 0 aromatic rings. The van der Waals surface area contributed by atoms with Crippen molar-refractivity contribution in [3.05, 3.63) is 0 Å². The van der Waals surface area contributed by atoms with E-state index in [0.29, 0.717) is 12.8 Å². The lowest BCUT2D eigenvalue weighted by molar-refractivity contribution is -0.171. The van der Waals surface area contributed by atoms with Crippen molar-refractivity contribution in [3.8, 4) is 0 Å². The Bertz CT molecular complexity index is 232. The molecule has 0 aromatic carbocycles. The van der Waals surface area contributed by atoms with Crippen LogP contribution in [0.4, 0.5) is 0 Å². The molecule has 0 saturated carbocycles. The van der Waals surface area contributed by atoms with E-state index in [1.165, 1.54) is 51.4 Å². The Labute approximate surface area is 117 Å². The summed E-state index contributed by atoms with van der Waals surface area (Å²) < 4.78 is 4.90. The van der Waals surface area contributed by atoms with E-state index in [9.17, 15) is 9.90 Å². The van der Waals surface area contributed by atoms with Gasteiger partial charge in [0, 0.05) is 6.42 Å². The molecule has 1 saturated heterocycles. The minimum absolute atomic E-state index is 0.0129. The number of carbonyl (C=O) groups excluding carboxylic acids is 1. The molecule has 3 heteroatoms. The Balaban J connectivity index is 1.78. The number of aliphatic hydroxyl groups excluding tert-OH is 1. The minimum atomic E-state index is -0.289. The number of ether oxygens (including phenoxy) is 1. The van der Waals surface area contributed by atoms with Crippen molar-refractivity contribution in [2.24, 2.45) is 0 Å². The molecule has 1 rings (SSSR count). The molecule has 1 unspecified atom stereocenters. The number of esters is 1. The summed E-state index contributed by atoms with van der Waals surface area (Å²) in [6, 6.07) is 0. The number of aliphatic hydroxyl groups is 1. The summed E-state index contributed by atoms with van der Waals surface area (Å²) in [5.41, 5.74) is 0. The van der Waals surface area contributed by atoms with E-state index >= 15 is 0 Å². The van der Waals surface area contributed by atoms with Crippen LogP contribution in [-0.4, -0.2) is 23.3 Å². The molecular formula is C16H30O3. The maximum atomic E-state index is 10.6. The lowest BCUT2D eigenvalue weighted by Crippen LogP contribution is -2.35. The zero-order valence-electron chi connectivity index (χ0n) is 12.4. The molecule has 0 aliphatic carbocycles. The van der Waals surface area contributed by atoms with Gasteiger partial charge in [-0.3, -0.25) is 4.79 Å². The molecule has 0 radical (unpaired) electrons. The van der Waals surface area contributed by atoms with Crippen LogP contribution in [0.25, 0.3) is 0 Å². The summed E-state index contributed by atoms with van der Waals surface area (Å²) >= 11 is 0. The Morgan fingerprint density at radius 2 is 1.63 bits per heavy atom. The second-order valence-electron chi connectivity index (χ2n) is 5.82. The highest BCUT2D eigenvalue weighted by molar-refractivity contribution is 5.75. The molecule has 2 atom stereocenters. The topological polar surface area (TPSA) is 46.5 Å². The third-order valence-electron chi connectivity index (χ3n) is 3.87. The maximum Gasteiger partial charge on any atom is 0.309 e. The molecule has 1 heterocycles. The van der Waals surface area contributed by atoms with E-state index in [4.69, 9.17) is 4.74 Å². The fourth-order valence-corrected chi connectivity index (χ4v) is 2.61. The molecule has 1 N–H and O–H groups in total. The summed E-state index contributed by atoms with van der Waals surface area (Å²) in [4.78, 5) is 10.6. The van der Waals surface area contributed by atoms with Crippen LogP contribution in [0.5, 0.6) is 0 Å². The molecule has 19 heavy (non-hydrogen) atoms. The number of cyclic esters (lactones) is 1. The molecule has 1 fully saturated rings. The van der Waals surface area contributed by atoms with Crippen molar-refractivity contribution < 1.29 is 14.6 Å². The Morgan fingerprint density at radius 1 is 1.11 bits per heavy atom. The SMILES string of the molecule is CCCCCCCCCCC[C@@H](O)CC1CC(=O)O1. The lowest BCUT2D eigenvalue weighted by atomic mass is 10.00. The summed E-state index contributed by atoms with van der Waals surface area (Å²) in [6.45, 7) is 2.25. The summed E-state index contributed by atoms with van der Waals surface area (Å²) in [6.07, 6.45) is 13.4. The second kappa shape index (κ2) is 10.2. The van der Waals surface area contributed by atoms with Crippen molar-refractivity contribution in [1.82, 2.24) is 0 Å². The highest BCUT2D eigenvalue weighted by Gasteiger charge is 2.29. The molecule has 0 aromatic heterocycles. The minimum Gasteiger partial charge on any atom is -0.462 e. The van der Waals surface area contributed by atoms with Gasteiger partial charge in [0.2, 0.25) is 0 Å². The Morgan fingerprint density at radius 3 is 2.16 bits per heavy atom. The van der Waals surface area contributed by atoms with Crippen LogP contribution in [0.2, 0.25) is 0 Å². The van der Waals surface area contributed by atoms with E-state index in [-0.39, 0.29) is 18.2 Å². The molecule has 1 aliphatic rings. The Hall–Kier alpha value is -0.570. The van der Waals surface area contributed by atoms with Crippen LogP contribution >= 0.6 is 0 Å². The molecule has 1 aliphatic heterocycles. The molecule has 0 amide bonds. The van der Waals surface area contributed by atoms with Crippen LogP contribution < -0.4 is 0 Å². The van der Waals surface area contributed by atoms with Gasteiger partial charge >= 0.3 is 5.97 Å². The number of hydrogen-bond acceptors (Lipinski definition) is 3. The largest absolute Gasteiger partial charge is 0.462 e. The van der Waals surface area contributed by atoms with E-state index in [1.807, 2.05) is 0 Å². The third kappa shape index (κ3) is 8.25. The summed E-state index contributed by atoms with van der Waals surface area (Å²) in [5, 5.41) is 9.78. The van der Waals surface area contributed by atoms with Crippen molar-refractivity contribution >= 4 is 5.97 Å². The fraction of sp³-hybridized carbons (Fsp3) is 0.938. The first-order valence-corrected chi connectivity index (χ1v) is 8.10. The summed E-state index contributed by atoms with van der Waals surface area (Å²) in [7, 11) is 0. The van der Waals surface area contributed by atoms with Gasteiger partial charge < -0.3 is 9.84 Å². The predicted octanol–water partition coefficient (Wildman–Crippen LogP) is 3.97. The number of carbonyl (C=O) groups is 1. The monoisotopic (exact) mass is 270 g/mol. The van der Waals surface area contributed by atoms with Crippen molar-refractivity contribution in [2.75, 3.05) is 0 Å². The highest BCUT2D eigenvalue weighted by atomic mass is 16.6. The highest BCUT2D eigenvalue weighted by Crippen LogP contribution is 2.20. The van der Waals surface area contributed by atoms with Gasteiger partial charge in [0.1, 0.15) is 6.10 Å². The van der Waals surface area contributed by atoms with Gasteiger partial charge in [-0.25, -0.2) is 0 Å². The van der Waals surface area contributed by atoms with Crippen LogP contribution in [0.15, 0.2) is 0 Å². The third-order valence-corrected chi connectivity index (χ3v) is 3.87. The van der Waals surface area contributed by atoms with Crippen molar-refractivity contribution in [3.63, 3.8) is 0 Å². The first-order valence-electron chi connectivity index (χ1n) is 8.10. The van der Waals surface area contributed by atoms with Gasteiger partial charge in [0.05, 0.1) is 12.5 Å². The van der Waals surface area contributed by atoms with Gasteiger partial charge in [0.15, 0.2) is 0 Å². The lowest BCUT2D eigenvalue weighted by Gasteiger charge is -2.27. The zero-order chi connectivity index (χ0) is 13.9. The van der Waals surface area contributed by atoms with Gasteiger partial charge in [-0.15, -0.1) is 0 Å². The normalized spacial score (nSPS) is 19.9. The molecule has 0 bridgehead atoms. The van der Waals surface area contributed by atoms with E-state index in [2.05, 4.69) is 6.92 Å². The molecule has 0 spiro atoms. The zero-order valence-corrected chi connectivity index (χ0v) is 12.4. The average molecular weight is 270 g/mol. The standard InChI is InChI=1S/C16H30O3/c1-2-3-4-5-6-7-8-9-10-11-14(17)12-15-13-16(18)19-15/h14-15,17H,2-13H2,1H3/t14-,15?/m1/s1. The molecular weight excluding hydrogens is 240 g/mol. The summed E-state index contributed by atoms with van der Waals surface area (Å²) in [5.74, 6) is -0.125. The predicted molar refractivity (Wildman–Crippen MR) is 77.0 cm³/mol. The van der Waals surface area contributed by atoms with Crippen LogP contribution in [0.3, 0.4) is 0 Å². The van der Waals surface area contributed by atoms with Crippen LogP contribution in [-0.2, 0) is 9.53 Å². The first kappa shape index (κ1) is 16.5. The number of hydrogen-bond donors (Lipinski definition) is 1. The average Bonchev–Trinajstić information content (AvgIpc) is 2.35.